The van der Waals surface area contributed by atoms with Gasteiger partial charge >= 0.3 is 0 Å². The molecule has 2 aromatic rings. The minimum atomic E-state index is -0.283. The monoisotopic (exact) mass is 383 g/mol. The number of carbonyl (C=O) groups excluding carboxylic acids is 1. The lowest BCUT2D eigenvalue weighted by Gasteiger charge is -2.18. The van der Waals surface area contributed by atoms with Gasteiger partial charge in [-0.05, 0) is 40.7 Å². The zero-order chi connectivity index (χ0) is 19.4. The van der Waals surface area contributed by atoms with Crippen LogP contribution in [0.25, 0.3) is 0 Å². The smallest absolute Gasteiger partial charge is 0.239 e. The van der Waals surface area contributed by atoms with Crippen molar-refractivity contribution in [2.75, 3.05) is 0 Å². The number of amidine groups is 1. The van der Waals surface area contributed by atoms with Crippen molar-refractivity contribution in [3.8, 4) is 0 Å². The van der Waals surface area contributed by atoms with E-state index >= 15 is 0 Å². The Morgan fingerprint density at radius 2 is 1.78 bits per heavy atom. The van der Waals surface area contributed by atoms with Crippen LogP contribution in [-0.4, -0.2) is 22.5 Å². The largest absolute Gasteiger partial charge is 0.303 e. The van der Waals surface area contributed by atoms with Crippen molar-refractivity contribution in [2.24, 2.45) is 10.2 Å². The highest BCUT2D eigenvalue weighted by Crippen LogP contribution is 2.24. The molecule has 0 aromatic heterocycles. The van der Waals surface area contributed by atoms with Gasteiger partial charge in [-0.2, -0.15) is 5.10 Å². The summed E-state index contributed by atoms with van der Waals surface area (Å²) in [6.07, 6.45) is 2.19. The molecule has 27 heavy (non-hydrogen) atoms. The summed E-state index contributed by atoms with van der Waals surface area (Å²) in [6, 6.07) is 14.4. The molecule has 1 aliphatic rings. The van der Waals surface area contributed by atoms with E-state index in [1.54, 1.807) is 18.3 Å². The van der Waals surface area contributed by atoms with Crippen LogP contribution in [0.3, 0.4) is 0 Å². The van der Waals surface area contributed by atoms with Gasteiger partial charge in [-0.3, -0.25) is 4.79 Å². The number of rotatable bonds is 4. The van der Waals surface area contributed by atoms with Crippen molar-refractivity contribution >= 4 is 29.1 Å². The summed E-state index contributed by atoms with van der Waals surface area (Å²) in [6.45, 7) is 6.51. The van der Waals surface area contributed by atoms with Gasteiger partial charge in [-0.1, -0.05) is 68.9 Å². The Bertz CT molecular complexity index is 868. The molecule has 1 fully saturated rings. The van der Waals surface area contributed by atoms with Crippen LogP contribution in [-0.2, 0) is 16.6 Å². The second kappa shape index (κ2) is 8.05. The fourth-order valence-corrected chi connectivity index (χ4v) is 3.60. The molecule has 0 aliphatic carbocycles. The van der Waals surface area contributed by atoms with E-state index in [0.29, 0.717) is 11.6 Å². The fourth-order valence-electron chi connectivity index (χ4n) is 2.64. The van der Waals surface area contributed by atoms with Gasteiger partial charge in [0.15, 0.2) is 5.17 Å². The summed E-state index contributed by atoms with van der Waals surface area (Å²) in [5.74, 6) is -0.387. The van der Waals surface area contributed by atoms with Crippen LogP contribution in [0.5, 0.6) is 0 Å². The van der Waals surface area contributed by atoms with Crippen molar-refractivity contribution < 1.29 is 9.18 Å². The Balaban J connectivity index is 1.60. The number of carbonyl (C=O) groups is 1. The maximum Gasteiger partial charge on any atom is 0.239 e. The lowest BCUT2D eigenvalue weighted by molar-refractivity contribution is -0.118. The third-order valence-electron chi connectivity index (χ3n) is 4.24. The highest BCUT2D eigenvalue weighted by Gasteiger charge is 2.30. The normalized spacial score (nSPS) is 19.0. The molecule has 1 unspecified atom stereocenters. The maximum atomic E-state index is 13.0. The first-order valence-electron chi connectivity index (χ1n) is 8.75. The van der Waals surface area contributed by atoms with Gasteiger partial charge in [0.2, 0.25) is 5.91 Å². The van der Waals surface area contributed by atoms with Crippen molar-refractivity contribution in [3.05, 3.63) is 71.0 Å². The summed E-state index contributed by atoms with van der Waals surface area (Å²) in [5, 5.41) is 11.1. The lowest BCUT2D eigenvalue weighted by Crippen LogP contribution is -2.25. The number of nitrogens with zero attached hydrogens (tertiary/aromatic N) is 2. The van der Waals surface area contributed by atoms with Crippen molar-refractivity contribution in [1.82, 2.24) is 5.32 Å². The van der Waals surface area contributed by atoms with E-state index in [1.807, 2.05) is 12.1 Å². The third kappa shape index (κ3) is 5.26. The molecule has 4 nitrogen and oxygen atoms in total. The topological polar surface area (TPSA) is 53.8 Å². The maximum absolute atomic E-state index is 13.0. The van der Waals surface area contributed by atoms with Gasteiger partial charge < -0.3 is 5.32 Å². The van der Waals surface area contributed by atoms with Crippen LogP contribution in [0.2, 0.25) is 0 Å². The number of halogens is 1. The number of thioether (sulfide) groups is 1. The quantitative estimate of drug-likeness (QED) is 0.633. The molecule has 0 saturated carbocycles. The molecule has 6 heteroatoms. The molecule has 0 radical (unpaired) electrons. The standard InChI is InChI=1S/C21H22FN3OS/c1-21(2,3)16-8-4-15(5-9-16)13-23-25-20-24-19(26)18(27-20)12-14-6-10-17(22)11-7-14/h4-11,13,18H,12H2,1-3H3,(H,24,25,26)/b23-13+. The van der Waals surface area contributed by atoms with Gasteiger partial charge in [0.25, 0.3) is 0 Å². The molecule has 1 saturated heterocycles. The van der Waals surface area contributed by atoms with E-state index in [2.05, 4.69) is 48.4 Å². The number of amides is 1. The van der Waals surface area contributed by atoms with Crippen LogP contribution in [0.4, 0.5) is 4.39 Å². The van der Waals surface area contributed by atoms with Crippen molar-refractivity contribution in [3.63, 3.8) is 0 Å². The molecule has 1 N–H and O–H groups in total. The Labute approximate surface area is 163 Å². The van der Waals surface area contributed by atoms with Crippen LogP contribution in [0, 0.1) is 5.82 Å². The SMILES string of the molecule is CC(C)(C)c1ccc(/C=N/N=C2\NC(=O)C(Cc3ccc(F)cc3)S2)cc1. The summed E-state index contributed by atoms with van der Waals surface area (Å²) in [4.78, 5) is 12.1. The van der Waals surface area contributed by atoms with Crippen molar-refractivity contribution in [2.45, 2.75) is 37.9 Å². The molecule has 0 bridgehead atoms. The van der Waals surface area contributed by atoms with E-state index < -0.39 is 0 Å². The van der Waals surface area contributed by atoms with Crippen molar-refractivity contribution in [1.29, 1.82) is 0 Å². The molecule has 1 atom stereocenters. The summed E-state index contributed by atoms with van der Waals surface area (Å²) in [5.41, 5.74) is 3.23. The lowest BCUT2D eigenvalue weighted by atomic mass is 9.87. The van der Waals surface area contributed by atoms with E-state index in [-0.39, 0.29) is 22.4 Å². The molecule has 3 rings (SSSR count). The first-order valence-corrected chi connectivity index (χ1v) is 9.63. The Kier molecular flexibility index (Phi) is 5.75. The van der Waals surface area contributed by atoms with Gasteiger partial charge in [-0.25, -0.2) is 4.39 Å². The molecule has 140 valence electrons. The molecule has 0 spiro atoms. The van der Waals surface area contributed by atoms with E-state index in [0.717, 1.165) is 11.1 Å². The van der Waals surface area contributed by atoms with E-state index in [4.69, 9.17) is 0 Å². The average Bonchev–Trinajstić information content (AvgIpc) is 2.96. The first kappa shape index (κ1) is 19.3. The molecule has 1 heterocycles. The minimum absolute atomic E-state index is 0.104. The fraction of sp³-hybridized carbons (Fsp3) is 0.286. The summed E-state index contributed by atoms with van der Waals surface area (Å²) < 4.78 is 13.0. The predicted octanol–water partition coefficient (Wildman–Crippen LogP) is 4.29. The highest BCUT2D eigenvalue weighted by molar-refractivity contribution is 8.15. The number of hydrogen-bond acceptors (Lipinski definition) is 4. The van der Waals surface area contributed by atoms with E-state index in [1.165, 1.54) is 29.5 Å². The molecule has 1 amide bonds. The number of nitrogens with one attached hydrogen (secondary N) is 1. The van der Waals surface area contributed by atoms with Gasteiger partial charge in [0.05, 0.1) is 11.5 Å². The van der Waals surface area contributed by atoms with Crippen LogP contribution < -0.4 is 5.32 Å². The number of hydrogen-bond donors (Lipinski definition) is 1. The zero-order valence-corrected chi connectivity index (χ0v) is 16.4. The van der Waals surface area contributed by atoms with Crippen LogP contribution in [0.15, 0.2) is 58.7 Å². The Hall–Kier alpha value is -2.47. The van der Waals surface area contributed by atoms with Gasteiger partial charge in [0, 0.05) is 0 Å². The summed E-state index contributed by atoms with van der Waals surface area (Å²) in [7, 11) is 0. The highest BCUT2D eigenvalue weighted by atomic mass is 32.2. The van der Waals surface area contributed by atoms with Gasteiger partial charge in [-0.15, -0.1) is 5.10 Å². The minimum Gasteiger partial charge on any atom is -0.303 e. The molecular formula is C21H22FN3OS. The molecule has 2 aromatic carbocycles. The second-order valence-corrected chi connectivity index (χ2v) is 8.64. The summed E-state index contributed by atoms with van der Waals surface area (Å²) >= 11 is 1.34. The Morgan fingerprint density at radius 1 is 1.11 bits per heavy atom. The van der Waals surface area contributed by atoms with Crippen LogP contribution in [0.1, 0.15) is 37.5 Å². The predicted molar refractivity (Wildman–Crippen MR) is 110 cm³/mol. The molecule has 1 aliphatic heterocycles. The van der Waals surface area contributed by atoms with Crippen LogP contribution >= 0.6 is 11.8 Å². The Morgan fingerprint density at radius 3 is 2.41 bits per heavy atom. The number of benzene rings is 2. The van der Waals surface area contributed by atoms with E-state index in [9.17, 15) is 9.18 Å². The second-order valence-electron chi connectivity index (χ2n) is 7.45. The zero-order valence-electron chi connectivity index (χ0n) is 15.6. The average molecular weight is 383 g/mol. The van der Waals surface area contributed by atoms with Gasteiger partial charge in [0.1, 0.15) is 5.82 Å². The first-order chi connectivity index (χ1) is 12.8. The molecular weight excluding hydrogens is 361 g/mol. The third-order valence-corrected chi connectivity index (χ3v) is 5.32.